The second kappa shape index (κ2) is 6.02. The van der Waals surface area contributed by atoms with Crippen LogP contribution in [0, 0.1) is 23.2 Å². The average molecular weight is 280 g/mol. The highest BCUT2D eigenvalue weighted by atomic mass is 16.5. The van der Waals surface area contributed by atoms with E-state index in [1.54, 1.807) is 7.11 Å². The quantitative estimate of drug-likeness (QED) is 0.744. The molecule has 1 aliphatic heterocycles. The van der Waals surface area contributed by atoms with E-state index in [-0.39, 0.29) is 5.41 Å². The van der Waals surface area contributed by atoms with Crippen LogP contribution in [0.5, 0.6) is 0 Å². The molecule has 0 atom stereocenters. The number of hydrogen-bond acceptors (Lipinski definition) is 3. The Morgan fingerprint density at radius 1 is 1.25 bits per heavy atom. The number of methoxy groups -OCH3 is 1. The highest BCUT2D eigenvalue weighted by Crippen LogP contribution is 2.49. The SMILES string of the molecule is COCC1(CNC(=O)C(C2CC2)C2CC2)CCNCC1. The second-order valence-electron chi connectivity index (χ2n) is 7.10. The Morgan fingerprint density at radius 3 is 2.35 bits per heavy atom. The fourth-order valence-corrected chi connectivity index (χ4v) is 3.75. The molecule has 0 radical (unpaired) electrons. The van der Waals surface area contributed by atoms with Crippen molar-refractivity contribution in [3.63, 3.8) is 0 Å². The Morgan fingerprint density at radius 2 is 1.85 bits per heavy atom. The van der Waals surface area contributed by atoms with E-state index in [4.69, 9.17) is 4.74 Å². The number of carbonyl (C=O) groups is 1. The molecular formula is C16H28N2O2. The van der Waals surface area contributed by atoms with Crippen LogP contribution in [-0.2, 0) is 9.53 Å². The summed E-state index contributed by atoms with van der Waals surface area (Å²) in [5.74, 6) is 2.02. The predicted octanol–water partition coefficient (Wildman–Crippen LogP) is 1.55. The van der Waals surface area contributed by atoms with Gasteiger partial charge in [-0.1, -0.05) is 0 Å². The first-order valence-electron chi connectivity index (χ1n) is 8.21. The maximum Gasteiger partial charge on any atom is 0.223 e. The van der Waals surface area contributed by atoms with Crippen LogP contribution in [0.4, 0.5) is 0 Å². The van der Waals surface area contributed by atoms with Crippen molar-refractivity contribution in [3.8, 4) is 0 Å². The van der Waals surface area contributed by atoms with Crippen molar-refractivity contribution < 1.29 is 9.53 Å². The smallest absolute Gasteiger partial charge is 0.223 e. The van der Waals surface area contributed by atoms with Gasteiger partial charge in [0.2, 0.25) is 5.91 Å². The lowest BCUT2D eigenvalue weighted by Gasteiger charge is -2.37. The van der Waals surface area contributed by atoms with Gasteiger partial charge in [-0.15, -0.1) is 0 Å². The molecule has 114 valence electrons. The highest BCUT2D eigenvalue weighted by molar-refractivity contribution is 5.80. The largest absolute Gasteiger partial charge is 0.384 e. The van der Waals surface area contributed by atoms with Crippen molar-refractivity contribution in [2.75, 3.05) is 33.4 Å². The third-order valence-corrected chi connectivity index (χ3v) is 5.31. The van der Waals surface area contributed by atoms with Gasteiger partial charge >= 0.3 is 0 Å². The van der Waals surface area contributed by atoms with Crippen molar-refractivity contribution in [3.05, 3.63) is 0 Å². The van der Waals surface area contributed by atoms with E-state index in [9.17, 15) is 4.79 Å². The molecule has 0 unspecified atom stereocenters. The van der Waals surface area contributed by atoms with Crippen molar-refractivity contribution in [1.29, 1.82) is 0 Å². The third kappa shape index (κ3) is 3.34. The summed E-state index contributed by atoms with van der Waals surface area (Å²) in [6, 6.07) is 0. The van der Waals surface area contributed by atoms with Crippen LogP contribution >= 0.6 is 0 Å². The van der Waals surface area contributed by atoms with Crippen LogP contribution < -0.4 is 10.6 Å². The van der Waals surface area contributed by atoms with Gasteiger partial charge in [-0.2, -0.15) is 0 Å². The first-order valence-corrected chi connectivity index (χ1v) is 8.21. The standard InChI is InChI=1S/C16H28N2O2/c1-20-11-16(6-8-17-9-7-16)10-18-15(19)14(12-2-3-12)13-4-5-13/h12-14,17H,2-11H2,1H3,(H,18,19). The highest BCUT2D eigenvalue weighted by Gasteiger charge is 2.46. The summed E-state index contributed by atoms with van der Waals surface area (Å²) in [5, 5.41) is 6.67. The molecule has 0 aromatic carbocycles. The Hall–Kier alpha value is -0.610. The Balaban J connectivity index is 1.54. The zero-order chi connectivity index (χ0) is 14.0. The van der Waals surface area contributed by atoms with E-state index in [0.717, 1.165) is 39.1 Å². The van der Waals surface area contributed by atoms with Crippen LogP contribution in [0.25, 0.3) is 0 Å². The van der Waals surface area contributed by atoms with Gasteiger partial charge in [0.1, 0.15) is 0 Å². The van der Waals surface area contributed by atoms with E-state index in [2.05, 4.69) is 10.6 Å². The van der Waals surface area contributed by atoms with E-state index < -0.39 is 0 Å². The molecule has 2 N–H and O–H groups in total. The van der Waals surface area contributed by atoms with E-state index in [1.807, 2.05) is 0 Å². The molecule has 0 bridgehead atoms. The Bertz CT molecular complexity index is 327. The molecule has 1 amide bonds. The maximum absolute atomic E-state index is 12.5. The predicted molar refractivity (Wildman–Crippen MR) is 78.4 cm³/mol. The maximum atomic E-state index is 12.5. The third-order valence-electron chi connectivity index (χ3n) is 5.31. The van der Waals surface area contributed by atoms with Gasteiger partial charge in [0.05, 0.1) is 6.61 Å². The van der Waals surface area contributed by atoms with Gasteiger partial charge in [-0.3, -0.25) is 4.79 Å². The minimum atomic E-state index is 0.146. The molecule has 0 spiro atoms. The van der Waals surface area contributed by atoms with Crippen LogP contribution in [0.1, 0.15) is 38.5 Å². The molecule has 3 fully saturated rings. The van der Waals surface area contributed by atoms with Crippen LogP contribution in [0.3, 0.4) is 0 Å². The molecule has 1 saturated heterocycles. The molecule has 1 heterocycles. The lowest BCUT2D eigenvalue weighted by atomic mass is 9.79. The molecule has 4 heteroatoms. The summed E-state index contributed by atoms with van der Waals surface area (Å²) >= 11 is 0. The van der Waals surface area contributed by atoms with Crippen LogP contribution in [-0.4, -0.2) is 39.3 Å². The molecule has 0 aromatic heterocycles. The van der Waals surface area contributed by atoms with E-state index in [0.29, 0.717) is 23.7 Å². The molecular weight excluding hydrogens is 252 g/mol. The summed E-state index contributed by atoms with van der Waals surface area (Å²) < 4.78 is 5.42. The van der Waals surface area contributed by atoms with Crippen molar-refractivity contribution in [1.82, 2.24) is 10.6 Å². The van der Waals surface area contributed by atoms with Crippen LogP contribution in [0.2, 0.25) is 0 Å². The fourth-order valence-electron chi connectivity index (χ4n) is 3.75. The minimum absolute atomic E-state index is 0.146. The van der Waals surface area contributed by atoms with E-state index >= 15 is 0 Å². The Kier molecular flexibility index (Phi) is 4.32. The molecule has 20 heavy (non-hydrogen) atoms. The average Bonchev–Trinajstić information content (AvgIpc) is 3.33. The van der Waals surface area contributed by atoms with Crippen molar-refractivity contribution in [2.24, 2.45) is 23.2 Å². The fraction of sp³-hybridized carbons (Fsp3) is 0.938. The number of piperidine rings is 1. The number of nitrogens with one attached hydrogen (secondary N) is 2. The van der Waals surface area contributed by atoms with Gasteiger partial charge in [0.25, 0.3) is 0 Å². The molecule has 3 aliphatic rings. The topological polar surface area (TPSA) is 50.4 Å². The van der Waals surface area contributed by atoms with E-state index in [1.165, 1.54) is 25.7 Å². The lowest BCUT2D eigenvalue weighted by Crippen LogP contribution is -2.48. The second-order valence-corrected chi connectivity index (χ2v) is 7.10. The number of rotatable bonds is 7. The molecule has 0 aromatic rings. The van der Waals surface area contributed by atoms with Gasteiger partial charge in [0, 0.05) is 25.0 Å². The number of carbonyl (C=O) groups excluding carboxylic acids is 1. The summed E-state index contributed by atoms with van der Waals surface area (Å²) in [6.07, 6.45) is 7.25. The van der Waals surface area contributed by atoms with Crippen LogP contribution in [0.15, 0.2) is 0 Å². The van der Waals surface area contributed by atoms with Gasteiger partial charge in [0.15, 0.2) is 0 Å². The summed E-state index contributed by atoms with van der Waals surface area (Å²) in [5.41, 5.74) is 0.146. The number of ether oxygens (including phenoxy) is 1. The zero-order valence-corrected chi connectivity index (χ0v) is 12.6. The molecule has 4 nitrogen and oxygen atoms in total. The number of amides is 1. The molecule has 2 saturated carbocycles. The van der Waals surface area contributed by atoms with Gasteiger partial charge in [-0.25, -0.2) is 0 Å². The van der Waals surface area contributed by atoms with Crippen molar-refractivity contribution >= 4 is 5.91 Å². The first kappa shape index (κ1) is 14.3. The minimum Gasteiger partial charge on any atom is -0.384 e. The monoisotopic (exact) mass is 280 g/mol. The number of hydrogen-bond donors (Lipinski definition) is 2. The molecule has 2 aliphatic carbocycles. The lowest BCUT2D eigenvalue weighted by molar-refractivity contribution is -0.127. The molecule has 3 rings (SSSR count). The van der Waals surface area contributed by atoms with Gasteiger partial charge < -0.3 is 15.4 Å². The summed E-state index contributed by atoms with van der Waals surface area (Å²) in [7, 11) is 1.77. The normalized spacial score (nSPS) is 25.7. The van der Waals surface area contributed by atoms with Crippen molar-refractivity contribution in [2.45, 2.75) is 38.5 Å². The first-order chi connectivity index (χ1) is 9.74. The van der Waals surface area contributed by atoms with Gasteiger partial charge in [-0.05, 0) is 63.5 Å². The summed E-state index contributed by atoms with van der Waals surface area (Å²) in [6.45, 7) is 3.62. The summed E-state index contributed by atoms with van der Waals surface area (Å²) in [4.78, 5) is 12.5. The Labute approximate surface area is 122 Å². The zero-order valence-electron chi connectivity index (χ0n) is 12.6.